The van der Waals surface area contributed by atoms with E-state index in [0.29, 0.717) is 12.3 Å². The summed E-state index contributed by atoms with van der Waals surface area (Å²) in [5, 5.41) is 9.71. The highest BCUT2D eigenvalue weighted by molar-refractivity contribution is 5.98. The van der Waals surface area contributed by atoms with Crippen molar-refractivity contribution in [3.05, 3.63) is 23.8 Å². The summed E-state index contributed by atoms with van der Waals surface area (Å²) in [5.74, 6) is -0.00595. The summed E-state index contributed by atoms with van der Waals surface area (Å²) in [7, 11) is 0. The molecule has 8 atom stereocenters. The van der Waals surface area contributed by atoms with Crippen LogP contribution in [0.5, 0.6) is 0 Å². The third-order valence-electron chi connectivity index (χ3n) is 11.1. The van der Waals surface area contributed by atoms with E-state index in [9.17, 15) is 19.5 Å². The molecule has 174 valence electrons. The normalized spacial score (nSPS) is 49.3. The number of carbonyl (C=O) groups excluding carboxylic acids is 2. The highest BCUT2D eigenvalue weighted by Crippen LogP contribution is 2.69. The molecule has 0 amide bonds. The van der Waals surface area contributed by atoms with Gasteiger partial charge in [0, 0.05) is 16.7 Å². The molecule has 0 saturated heterocycles. The summed E-state index contributed by atoms with van der Waals surface area (Å²) in [6.07, 6.45) is 12.2. The predicted octanol–water partition coefficient (Wildman–Crippen LogP) is 5.62. The van der Waals surface area contributed by atoms with Crippen molar-refractivity contribution in [1.82, 2.24) is 0 Å². The van der Waals surface area contributed by atoms with Gasteiger partial charge in [-0.05, 0) is 85.7 Å². The Hall–Kier alpha value is -1.71. The van der Waals surface area contributed by atoms with Gasteiger partial charge in [-0.25, -0.2) is 0 Å². The molecule has 1 N–H and O–H groups in total. The van der Waals surface area contributed by atoms with Crippen LogP contribution >= 0.6 is 0 Å². The Kier molecular flexibility index (Phi) is 4.61. The number of ketones is 2. The summed E-state index contributed by atoms with van der Waals surface area (Å²) in [6, 6.07) is 0. The van der Waals surface area contributed by atoms with Crippen LogP contribution in [0.15, 0.2) is 23.8 Å². The second-order valence-corrected chi connectivity index (χ2v) is 13.0. The molecule has 4 heteroatoms. The molecule has 4 nitrogen and oxygen atoms in total. The van der Waals surface area contributed by atoms with Crippen molar-refractivity contribution in [3.63, 3.8) is 0 Å². The number of carboxylic acids is 1. The molecular weight excluding hydrogens is 400 g/mol. The van der Waals surface area contributed by atoms with Gasteiger partial charge in [-0.2, -0.15) is 0 Å². The van der Waals surface area contributed by atoms with Gasteiger partial charge in [0.2, 0.25) is 0 Å². The van der Waals surface area contributed by atoms with Crippen molar-refractivity contribution in [2.45, 2.75) is 79.6 Å². The van der Waals surface area contributed by atoms with Crippen LogP contribution in [0.3, 0.4) is 0 Å². The first-order valence-corrected chi connectivity index (χ1v) is 12.6. The van der Waals surface area contributed by atoms with Crippen LogP contribution in [-0.4, -0.2) is 22.6 Å². The first-order valence-electron chi connectivity index (χ1n) is 12.6. The lowest BCUT2D eigenvalue weighted by atomic mass is 9.38. The van der Waals surface area contributed by atoms with E-state index in [4.69, 9.17) is 0 Å². The van der Waals surface area contributed by atoms with Crippen LogP contribution in [0, 0.1) is 51.2 Å². The fourth-order valence-corrected chi connectivity index (χ4v) is 9.29. The van der Waals surface area contributed by atoms with E-state index in [1.807, 2.05) is 6.08 Å². The van der Waals surface area contributed by atoms with Gasteiger partial charge in [0.25, 0.3) is 0 Å². The molecular formula is C28H38O4. The molecule has 0 aliphatic heterocycles. The van der Waals surface area contributed by atoms with Crippen molar-refractivity contribution in [2.75, 3.05) is 0 Å². The summed E-state index contributed by atoms with van der Waals surface area (Å²) < 4.78 is 0. The quantitative estimate of drug-likeness (QED) is 0.577. The van der Waals surface area contributed by atoms with E-state index in [-0.39, 0.29) is 51.5 Å². The average Bonchev–Trinajstić information content (AvgIpc) is 2.69. The molecule has 3 saturated carbocycles. The Morgan fingerprint density at radius 2 is 1.66 bits per heavy atom. The van der Waals surface area contributed by atoms with Crippen LogP contribution in [0.25, 0.3) is 0 Å². The predicted molar refractivity (Wildman–Crippen MR) is 123 cm³/mol. The molecule has 0 radical (unpaired) electrons. The second-order valence-electron chi connectivity index (χ2n) is 13.0. The minimum Gasteiger partial charge on any atom is -0.481 e. The third-order valence-corrected chi connectivity index (χ3v) is 11.1. The van der Waals surface area contributed by atoms with E-state index >= 15 is 0 Å². The summed E-state index contributed by atoms with van der Waals surface area (Å²) in [5.41, 5.74) is 0.465. The lowest BCUT2D eigenvalue weighted by Gasteiger charge is -2.65. The number of carbonyl (C=O) groups is 3. The molecule has 0 aromatic rings. The number of carboxylic acid groups (broad SMARTS) is 1. The van der Waals surface area contributed by atoms with E-state index < -0.39 is 11.4 Å². The summed E-state index contributed by atoms with van der Waals surface area (Å²) in [6.45, 7) is 11.0. The van der Waals surface area contributed by atoms with Gasteiger partial charge in [0.15, 0.2) is 11.6 Å². The van der Waals surface area contributed by atoms with Crippen molar-refractivity contribution in [3.8, 4) is 0 Å². The topological polar surface area (TPSA) is 71.4 Å². The smallest absolute Gasteiger partial charge is 0.306 e. The average molecular weight is 439 g/mol. The first kappa shape index (κ1) is 22.1. The Balaban J connectivity index is 1.59. The van der Waals surface area contributed by atoms with Crippen LogP contribution < -0.4 is 0 Å². The Morgan fingerprint density at radius 3 is 2.34 bits per heavy atom. The van der Waals surface area contributed by atoms with Crippen LogP contribution in [0.4, 0.5) is 0 Å². The molecule has 0 bridgehead atoms. The number of hydrogen-bond acceptors (Lipinski definition) is 3. The maximum absolute atomic E-state index is 13.9. The molecule has 5 aliphatic carbocycles. The van der Waals surface area contributed by atoms with E-state index in [1.165, 1.54) is 5.57 Å². The van der Waals surface area contributed by atoms with Gasteiger partial charge in [-0.15, -0.1) is 0 Å². The standard InChI is InChI=1S/C28H38O4/c1-25(2)21-8-12-27(4)18-7-11-26(3)10-6-16(24(31)32)14-19(26)17(18)15-20(29)23(27)28(21,5)13-9-22(25)30/h9,13,15-16,18-19,21,23H,6-8,10-12,14H2,1-5H3,(H,31,32)/t16-,18?,19?,21?,23?,26?,27?,28?/m0/s1. The Bertz CT molecular complexity index is 956. The van der Waals surface area contributed by atoms with Gasteiger partial charge in [-0.1, -0.05) is 46.3 Å². The number of aliphatic carboxylic acids is 1. The van der Waals surface area contributed by atoms with Gasteiger partial charge in [0.1, 0.15) is 0 Å². The van der Waals surface area contributed by atoms with E-state index in [1.54, 1.807) is 6.08 Å². The number of allylic oxidation sites excluding steroid dienone is 4. The maximum Gasteiger partial charge on any atom is 0.306 e. The lowest BCUT2D eigenvalue weighted by molar-refractivity contribution is -0.157. The molecule has 0 heterocycles. The highest BCUT2D eigenvalue weighted by atomic mass is 16.4. The van der Waals surface area contributed by atoms with E-state index in [2.05, 4.69) is 40.7 Å². The highest BCUT2D eigenvalue weighted by Gasteiger charge is 2.65. The van der Waals surface area contributed by atoms with Gasteiger partial charge >= 0.3 is 5.97 Å². The molecule has 5 rings (SSSR count). The fraction of sp³-hybridized carbons (Fsp3) is 0.750. The van der Waals surface area contributed by atoms with Crippen LogP contribution in [-0.2, 0) is 14.4 Å². The molecule has 5 aliphatic rings. The first-order chi connectivity index (χ1) is 14.8. The lowest BCUT2D eigenvalue weighted by Crippen LogP contribution is -2.62. The van der Waals surface area contributed by atoms with Crippen molar-refractivity contribution in [1.29, 1.82) is 0 Å². The molecule has 3 fully saturated rings. The van der Waals surface area contributed by atoms with Crippen molar-refractivity contribution in [2.24, 2.45) is 51.2 Å². The molecule has 0 spiro atoms. The second kappa shape index (κ2) is 6.67. The number of hydrogen-bond donors (Lipinski definition) is 1. The molecule has 0 aromatic carbocycles. The Labute approximate surface area is 191 Å². The minimum absolute atomic E-state index is 0.109. The van der Waals surface area contributed by atoms with Crippen molar-refractivity contribution < 1.29 is 19.5 Å². The van der Waals surface area contributed by atoms with E-state index in [0.717, 1.165) is 38.5 Å². The van der Waals surface area contributed by atoms with Crippen LogP contribution in [0.2, 0.25) is 0 Å². The SMILES string of the molecule is CC12CCC3C(=CC(=O)C4C5(C)C=CC(=O)C(C)(C)C5CCC34C)C1C[C@@H](C(=O)O)CC2. The number of rotatable bonds is 1. The molecule has 7 unspecified atom stereocenters. The Morgan fingerprint density at radius 1 is 0.969 bits per heavy atom. The largest absolute Gasteiger partial charge is 0.481 e. The van der Waals surface area contributed by atoms with Gasteiger partial charge < -0.3 is 5.11 Å². The monoisotopic (exact) mass is 438 g/mol. The zero-order valence-electron chi connectivity index (χ0n) is 20.2. The summed E-state index contributed by atoms with van der Waals surface area (Å²) >= 11 is 0. The fourth-order valence-electron chi connectivity index (χ4n) is 9.29. The number of fused-ring (bicyclic) bond motifs is 7. The maximum atomic E-state index is 13.9. The molecule has 32 heavy (non-hydrogen) atoms. The van der Waals surface area contributed by atoms with Gasteiger partial charge in [-0.3, -0.25) is 14.4 Å². The third kappa shape index (κ3) is 2.70. The van der Waals surface area contributed by atoms with Crippen molar-refractivity contribution >= 4 is 17.5 Å². The zero-order chi connectivity index (χ0) is 23.3. The zero-order valence-corrected chi connectivity index (χ0v) is 20.2. The van der Waals surface area contributed by atoms with Gasteiger partial charge in [0.05, 0.1) is 5.92 Å². The summed E-state index contributed by atoms with van der Waals surface area (Å²) in [4.78, 5) is 38.4. The minimum atomic E-state index is -0.687. The van der Waals surface area contributed by atoms with Crippen LogP contribution in [0.1, 0.15) is 79.6 Å². The molecule has 0 aromatic heterocycles.